The summed E-state index contributed by atoms with van der Waals surface area (Å²) in [6, 6.07) is -0.288. The Labute approximate surface area is 107 Å². The Bertz CT molecular complexity index is 313. The predicted octanol–water partition coefficient (Wildman–Crippen LogP) is 0.738. The molecule has 0 unspecified atom stereocenters. The molecule has 0 spiro atoms. The van der Waals surface area contributed by atoms with Crippen LogP contribution in [0.15, 0.2) is 23.6 Å². The molecule has 0 aromatic rings. The van der Waals surface area contributed by atoms with Gasteiger partial charge in [-0.2, -0.15) is 0 Å². The van der Waals surface area contributed by atoms with E-state index in [2.05, 4.69) is 5.32 Å². The number of aliphatic hydroxyl groups is 3. The quantitative estimate of drug-likeness (QED) is 0.507. The van der Waals surface area contributed by atoms with Gasteiger partial charge in [0.1, 0.15) is 0 Å². The van der Waals surface area contributed by atoms with E-state index in [0.29, 0.717) is 13.0 Å². The lowest BCUT2D eigenvalue weighted by molar-refractivity contribution is 0.215. The van der Waals surface area contributed by atoms with Crippen LogP contribution in [0, 0.1) is 0 Å². The average molecular weight is 258 g/mol. The van der Waals surface area contributed by atoms with Crippen molar-refractivity contribution in [1.29, 1.82) is 0 Å². The van der Waals surface area contributed by atoms with E-state index in [1.807, 2.05) is 6.92 Å². The van der Waals surface area contributed by atoms with Gasteiger partial charge >= 0.3 is 6.03 Å². The van der Waals surface area contributed by atoms with Crippen molar-refractivity contribution in [3.8, 4) is 0 Å². The van der Waals surface area contributed by atoms with Crippen molar-refractivity contribution >= 4 is 6.03 Å². The standard InChI is InChI=1S/C12H22N2O4/c1-10(4-7-15)9-14(12(18)13-2)6-3-11(17)5-8-16/h5,9,15-17H,3-4,6-8H2,1-2H3,(H,13,18)/b10-9-,11-5+. The molecule has 0 aromatic carbocycles. The van der Waals surface area contributed by atoms with Gasteiger partial charge in [0.2, 0.25) is 0 Å². The largest absolute Gasteiger partial charge is 0.512 e. The third-order valence-electron chi connectivity index (χ3n) is 2.29. The van der Waals surface area contributed by atoms with E-state index < -0.39 is 0 Å². The van der Waals surface area contributed by atoms with Crippen LogP contribution in [0.5, 0.6) is 0 Å². The van der Waals surface area contributed by atoms with Gasteiger partial charge in [0, 0.05) is 32.8 Å². The van der Waals surface area contributed by atoms with E-state index in [1.165, 1.54) is 18.0 Å². The summed E-state index contributed by atoms with van der Waals surface area (Å²) in [5.41, 5.74) is 0.867. The summed E-state index contributed by atoms with van der Waals surface area (Å²) in [4.78, 5) is 13.0. The van der Waals surface area contributed by atoms with Gasteiger partial charge in [-0.15, -0.1) is 0 Å². The van der Waals surface area contributed by atoms with E-state index in [-0.39, 0.29) is 31.4 Å². The zero-order valence-electron chi connectivity index (χ0n) is 10.9. The molecule has 0 aromatic heterocycles. The smallest absolute Gasteiger partial charge is 0.321 e. The van der Waals surface area contributed by atoms with Gasteiger partial charge in [-0.3, -0.25) is 0 Å². The summed E-state index contributed by atoms with van der Waals surface area (Å²) < 4.78 is 0. The summed E-state index contributed by atoms with van der Waals surface area (Å²) in [6.45, 7) is 1.91. The molecule has 104 valence electrons. The molecule has 0 aliphatic carbocycles. The second-order valence-corrected chi connectivity index (χ2v) is 3.83. The number of urea groups is 1. The molecule has 0 rings (SSSR count). The van der Waals surface area contributed by atoms with E-state index >= 15 is 0 Å². The van der Waals surface area contributed by atoms with Crippen LogP contribution in [0.2, 0.25) is 0 Å². The number of carbonyl (C=O) groups is 1. The van der Waals surface area contributed by atoms with Gasteiger partial charge in [-0.25, -0.2) is 4.79 Å². The second-order valence-electron chi connectivity index (χ2n) is 3.83. The first kappa shape index (κ1) is 16.5. The van der Waals surface area contributed by atoms with Crippen molar-refractivity contribution in [3.05, 3.63) is 23.6 Å². The number of rotatable bonds is 7. The molecule has 2 amide bonds. The highest BCUT2D eigenvalue weighted by atomic mass is 16.3. The third kappa shape index (κ3) is 6.93. The monoisotopic (exact) mass is 258 g/mol. The van der Waals surface area contributed by atoms with Crippen LogP contribution in [0.4, 0.5) is 4.79 Å². The van der Waals surface area contributed by atoms with E-state index in [4.69, 9.17) is 10.2 Å². The fourth-order valence-corrected chi connectivity index (χ4v) is 1.32. The van der Waals surface area contributed by atoms with Crippen LogP contribution in [-0.2, 0) is 0 Å². The van der Waals surface area contributed by atoms with Crippen LogP contribution in [0.25, 0.3) is 0 Å². The maximum atomic E-state index is 11.6. The van der Waals surface area contributed by atoms with Gasteiger partial charge in [0.25, 0.3) is 0 Å². The van der Waals surface area contributed by atoms with Gasteiger partial charge in [0.05, 0.1) is 12.4 Å². The summed E-state index contributed by atoms with van der Waals surface area (Å²) >= 11 is 0. The molecule has 6 heteroatoms. The number of hydrogen-bond acceptors (Lipinski definition) is 4. The summed E-state index contributed by atoms with van der Waals surface area (Å²) in [6.07, 6.45) is 3.68. The maximum Gasteiger partial charge on any atom is 0.321 e. The minimum absolute atomic E-state index is 0.0274. The highest BCUT2D eigenvalue weighted by Crippen LogP contribution is 2.06. The van der Waals surface area contributed by atoms with Crippen molar-refractivity contribution in [1.82, 2.24) is 10.2 Å². The molecule has 0 fully saturated rings. The van der Waals surface area contributed by atoms with Crippen molar-refractivity contribution in [3.63, 3.8) is 0 Å². The molecular formula is C12H22N2O4. The molecule has 0 bridgehead atoms. The number of carbonyl (C=O) groups excluding carboxylic acids is 1. The predicted molar refractivity (Wildman–Crippen MR) is 69.0 cm³/mol. The number of nitrogens with one attached hydrogen (secondary N) is 1. The number of amides is 2. The molecular weight excluding hydrogens is 236 g/mol. The minimum atomic E-state index is -0.288. The first-order chi connectivity index (χ1) is 8.54. The second kappa shape index (κ2) is 9.49. The lowest BCUT2D eigenvalue weighted by atomic mass is 10.2. The van der Waals surface area contributed by atoms with Gasteiger partial charge in [0.15, 0.2) is 0 Å². The van der Waals surface area contributed by atoms with Crippen LogP contribution < -0.4 is 5.32 Å². The first-order valence-electron chi connectivity index (χ1n) is 5.80. The highest BCUT2D eigenvalue weighted by molar-refractivity contribution is 5.75. The summed E-state index contributed by atoms with van der Waals surface area (Å²) in [7, 11) is 1.52. The Kier molecular flexibility index (Phi) is 8.69. The first-order valence-corrected chi connectivity index (χ1v) is 5.80. The minimum Gasteiger partial charge on any atom is -0.512 e. The van der Waals surface area contributed by atoms with Crippen LogP contribution >= 0.6 is 0 Å². The van der Waals surface area contributed by atoms with E-state index in [1.54, 1.807) is 6.20 Å². The molecule has 0 saturated heterocycles. The molecule has 0 atom stereocenters. The SMILES string of the molecule is CNC(=O)N(/C=C(/C)CCO)CC/C(O)=C\CO. The molecule has 6 nitrogen and oxygen atoms in total. The zero-order chi connectivity index (χ0) is 14.0. The van der Waals surface area contributed by atoms with E-state index in [0.717, 1.165) is 5.57 Å². The van der Waals surface area contributed by atoms with E-state index in [9.17, 15) is 9.90 Å². The van der Waals surface area contributed by atoms with Crippen LogP contribution in [-0.4, -0.2) is 53.1 Å². The Hall–Kier alpha value is -1.53. The molecule has 18 heavy (non-hydrogen) atoms. The fourth-order valence-electron chi connectivity index (χ4n) is 1.32. The Morgan fingerprint density at radius 3 is 2.50 bits per heavy atom. The zero-order valence-corrected chi connectivity index (χ0v) is 10.9. The van der Waals surface area contributed by atoms with Gasteiger partial charge in [-0.1, -0.05) is 5.57 Å². The fraction of sp³-hybridized carbons (Fsp3) is 0.583. The average Bonchev–Trinajstić information content (AvgIpc) is 2.34. The molecule has 0 aliphatic rings. The number of hydrogen-bond donors (Lipinski definition) is 4. The Morgan fingerprint density at radius 1 is 1.33 bits per heavy atom. The van der Waals surface area contributed by atoms with Crippen LogP contribution in [0.1, 0.15) is 19.8 Å². The number of nitrogens with zero attached hydrogens (tertiary/aromatic N) is 1. The molecule has 0 aliphatic heterocycles. The summed E-state index contributed by atoms with van der Waals surface area (Å²) in [5, 5.41) is 29.3. The Balaban J connectivity index is 4.55. The lowest BCUT2D eigenvalue weighted by Gasteiger charge is -2.19. The highest BCUT2D eigenvalue weighted by Gasteiger charge is 2.09. The van der Waals surface area contributed by atoms with Crippen molar-refractivity contribution < 1.29 is 20.1 Å². The van der Waals surface area contributed by atoms with Crippen molar-refractivity contribution in [2.75, 3.05) is 26.8 Å². The van der Waals surface area contributed by atoms with Crippen molar-refractivity contribution in [2.45, 2.75) is 19.8 Å². The van der Waals surface area contributed by atoms with Gasteiger partial charge in [-0.05, 0) is 19.4 Å². The molecule has 4 N–H and O–H groups in total. The van der Waals surface area contributed by atoms with Crippen molar-refractivity contribution in [2.24, 2.45) is 0 Å². The molecule has 0 saturated carbocycles. The summed E-state index contributed by atoms with van der Waals surface area (Å²) in [5.74, 6) is 0.0413. The third-order valence-corrected chi connectivity index (χ3v) is 2.29. The molecule has 0 radical (unpaired) electrons. The van der Waals surface area contributed by atoms with Crippen LogP contribution in [0.3, 0.4) is 0 Å². The lowest BCUT2D eigenvalue weighted by Crippen LogP contribution is -2.35. The normalized spacial score (nSPS) is 12.4. The molecule has 0 heterocycles. The topological polar surface area (TPSA) is 93.0 Å². The van der Waals surface area contributed by atoms with Gasteiger partial charge < -0.3 is 25.5 Å². The Morgan fingerprint density at radius 2 is 2.00 bits per heavy atom. The number of aliphatic hydroxyl groups excluding tert-OH is 3. The maximum absolute atomic E-state index is 11.6.